The van der Waals surface area contributed by atoms with Gasteiger partial charge in [-0.1, -0.05) is 13.3 Å². The van der Waals surface area contributed by atoms with Crippen LogP contribution in [-0.2, 0) is 4.74 Å². The molecule has 0 aromatic carbocycles. The molecule has 2 atom stereocenters. The van der Waals surface area contributed by atoms with Gasteiger partial charge in [0.1, 0.15) is 0 Å². The molecule has 0 spiro atoms. The third-order valence-corrected chi connectivity index (χ3v) is 2.69. The summed E-state index contributed by atoms with van der Waals surface area (Å²) in [6.07, 6.45) is 3.82. The zero-order valence-electron chi connectivity index (χ0n) is 9.54. The summed E-state index contributed by atoms with van der Waals surface area (Å²) < 4.78 is 5.59. The Labute approximate surface area is 87.6 Å². The van der Waals surface area contributed by atoms with E-state index in [4.69, 9.17) is 10.5 Å². The average molecular weight is 200 g/mol. The van der Waals surface area contributed by atoms with Crippen molar-refractivity contribution in [3.05, 3.63) is 0 Å². The van der Waals surface area contributed by atoms with Gasteiger partial charge in [0.05, 0.1) is 6.10 Å². The molecule has 0 amide bonds. The maximum atomic E-state index is 6.03. The van der Waals surface area contributed by atoms with Crippen molar-refractivity contribution in [1.82, 2.24) is 4.90 Å². The summed E-state index contributed by atoms with van der Waals surface area (Å²) in [6.45, 7) is 8.44. The molecule has 0 aromatic rings. The first-order chi connectivity index (χ1) is 6.72. The molecule has 2 N–H and O–H groups in total. The van der Waals surface area contributed by atoms with Gasteiger partial charge in [-0.05, 0) is 19.8 Å². The molecular weight excluding hydrogens is 176 g/mol. The van der Waals surface area contributed by atoms with E-state index < -0.39 is 0 Å². The molecule has 14 heavy (non-hydrogen) atoms. The lowest BCUT2D eigenvalue weighted by atomic mass is 10.1. The standard InChI is InChI=1S/C11H24N2O/c1-3-5-11(12)9-13-6-4-7-14-10(2)8-13/h10-11H,3-9,12H2,1-2H3. The Hall–Kier alpha value is -0.120. The predicted molar refractivity (Wildman–Crippen MR) is 59.4 cm³/mol. The molecule has 0 saturated carbocycles. The van der Waals surface area contributed by atoms with Gasteiger partial charge in [0.15, 0.2) is 0 Å². The van der Waals surface area contributed by atoms with Gasteiger partial charge < -0.3 is 10.5 Å². The fraction of sp³-hybridized carbons (Fsp3) is 1.00. The third-order valence-electron chi connectivity index (χ3n) is 2.69. The lowest BCUT2D eigenvalue weighted by Crippen LogP contribution is -2.40. The number of hydrogen-bond acceptors (Lipinski definition) is 3. The molecule has 1 heterocycles. The van der Waals surface area contributed by atoms with Crippen LogP contribution in [-0.4, -0.2) is 43.3 Å². The van der Waals surface area contributed by atoms with E-state index in [1.54, 1.807) is 0 Å². The van der Waals surface area contributed by atoms with Crippen LogP contribution in [0.15, 0.2) is 0 Å². The van der Waals surface area contributed by atoms with Gasteiger partial charge >= 0.3 is 0 Å². The second kappa shape index (κ2) is 6.38. The van der Waals surface area contributed by atoms with Crippen LogP contribution in [0.3, 0.4) is 0 Å². The van der Waals surface area contributed by atoms with Gasteiger partial charge in [-0.3, -0.25) is 4.90 Å². The van der Waals surface area contributed by atoms with Crippen LogP contribution < -0.4 is 5.73 Å². The highest BCUT2D eigenvalue weighted by Crippen LogP contribution is 2.06. The lowest BCUT2D eigenvalue weighted by Gasteiger charge is -2.24. The molecule has 1 aliphatic heterocycles. The number of nitrogens with two attached hydrogens (primary N) is 1. The number of rotatable bonds is 4. The summed E-state index contributed by atoms with van der Waals surface area (Å²) in [5, 5.41) is 0. The van der Waals surface area contributed by atoms with Gasteiger partial charge in [-0.15, -0.1) is 0 Å². The zero-order chi connectivity index (χ0) is 10.4. The van der Waals surface area contributed by atoms with Gasteiger partial charge in [0.2, 0.25) is 0 Å². The predicted octanol–water partition coefficient (Wildman–Crippen LogP) is 1.22. The number of hydrogen-bond donors (Lipinski definition) is 1. The Balaban J connectivity index is 2.27. The number of ether oxygens (including phenoxy) is 1. The monoisotopic (exact) mass is 200 g/mol. The molecule has 84 valence electrons. The molecule has 0 radical (unpaired) electrons. The Bertz CT molecular complexity index is 152. The summed E-state index contributed by atoms with van der Waals surface area (Å²) in [4.78, 5) is 2.44. The van der Waals surface area contributed by atoms with Crippen LogP contribution in [0, 0.1) is 0 Å². The molecule has 1 aliphatic rings. The van der Waals surface area contributed by atoms with Gasteiger partial charge in [-0.2, -0.15) is 0 Å². The highest BCUT2D eigenvalue weighted by molar-refractivity contribution is 4.72. The van der Waals surface area contributed by atoms with E-state index in [0.717, 1.165) is 39.1 Å². The summed E-state index contributed by atoms with van der Waals surface area (Å²) in [6, 6.07) is 0.338. The van der Waals surface area contributed by atoms with Crippen molar-refractivity contribution in [3.8, 4) is 0 Å². The highest BCUT2D eigenvalue weighted by Gasteiger charge is 2.16. The van der Waals surface area contributed by atoms with Crippen LogP contribution in [0.2, 0.25) is 0 Å². The Morgan fingerprint density at radius 3 is 3.07 bits per heavy atom. The fourth-order valence-corrected chi connectivity index (χ4v) is 2.04. The van der Waals surface area contributed by atoms with Crippen molar-refractivity contribution < 1.29 is 4.74 Å². The van der Waals surface area contributed by atoms with E-state index in [-0.39, 0.29) is 0 Å². The van der Waals surface area contributed by atoms with Crippen molar-refractivity contribution in [3.63, 3.8) is 0 Å². The van der Waals surface area contributed by atoms with E-state index in [1.807, 2.05) is 0 Å². The van der Waals surface area contributed by atoms with Crippen molar-refractivity contribution >= 4 is 0 Å². The molecule has 0 bridgehead atoms. The van der Waals surface area contributed by atoms with Gasteiger partial charge in [-0.25, -0.2) is 0 Å². The average Bonchev–Trinajstić information content (AvgIpc) is 2.30. The number of nitrogens with zero attached hydrogens (tertiary/aromatic N) is 1. The van der Waals surface area contributed by atoms with E-state index in [9.17, 15) is 0 Å². The molecule has 1 rings (SSSR count). The van der Waals surface area contributed by atoms with E-state index >= 15 is 0 Å². The highest BCUT2D eigenvalue weighted by atomic mass is 16.5. The SMILES string of the molecule is CCCC(N)CN1CCCOC(C)C1. The maximum absolute atomic E-state index is 6.03. The summed E-state index contributed by atoms with van der Waals surface area (Å²) in [7, 11) is 0. The van der Waals surface area contributed by atoms with Crippen LogP contribution in [0.4, 0.5) is 0 Å². The molecule has 1 fully saturated rings. The van der Waals surface area contributed by atoms with Crippen molar-refractivity contribution in [2.24, 2.45) is 5.73 Å². The Morgan fingerprint density at radius 1 is 1.57 bits per heavy atom. The summed E-state index contributed by atoms with van der Waals surface area (Å²) >= 11 is 0. The smallest absolute Gasteiger partial charge is 0.0673 e. The van der Waals surface area contributed by atoms with E-state index in [2.05, 4.69) is 18.7 Å². The zero-order valence-corrected chi connectivity index (χ0v) is 9.54. The van der Waals surface area contributed by atoms with Crippen LogP contribution in [0.5, 0.6) is 0 Å². The molecule has 1 saturated heterocycles. The third kappa shape index (κ3) is 4.40. The van der Waals surface area contributed by atoms with Crippen molar-refractivity contribution in [2.45, 2.75) is 45.3 Å². The molecule has 3 heteroatoms. The normalized spacial score (nSPS) is 27.2. The summed E-state index contributed by atoms with van der Waals surface area (Å²) in [5.74, 6) is 0. The maximum Gasteiger partial charge on any atom is 0.0673 e. The quantitative estimate of drug-likeness (QED) is 0.741. The lowest BCUT2D eigenvalue weighted by molar-refractivity contribution is 0.0669. The van der Waals surface area contributed by atoms with Crippen LogP contribution in [0.1, 0.15) is 33.1 Å². The van der Waals surface area contributed by atoms with Crippen molar-refractivity contribution in [2.75, 3.05) is 26.2 Å². The second-order valence-corrected chi connectivity index (χ2v) is 4.34. The van der Waals surface area contributed by atoms with Crippen LogP contribution in [0.25, 0.3) is 0 Å². The fourth-order valence-electron chi connectivity index (χ4n) is 2.04. The molecule has 3 nitrogen and oxygen atoms in total. The molecule has 0 aliphatic carbocycles. The first kappa shape index (κ1) is 12.0. The first-order valence-corrected chi connectivity index (χ1v) is 5.82. The van der Waals surface area contributed by atoms with Crippen LogP contribution >= 0.6 is 0 Å². The Kier molecular flexibility index (Phi) is 5.45. The minimum Gasteiger partial charge on any atom is -0.377 e. The summed E-state index contributed by atoms with van der Waals surface area (Å²) in [5.41, 5.74) is 6.03. The van der Waals surface area contributed by atoms with E-state index in [1.165, 1.54) is 6.42 Å². The molecule has 2 unspecified atom stereocenters. The van der Waals surface area contributed by atoms with Gasteiger partial charge in [0.25, 0.3) is 0 Å². The minimum atomic E-state index is 0.338. The second-order valence-electron chi connectivity index (χ2n) is 4.34. The Morgan fingerprint density at radius 2 is 2.36 bits per heavy atom. The van der Waals surface area contributed by atoms with Crippen molar-refractivity contribution in [1.29, 1.82) is 0 Å². The largest absolute Gasteiger partial charge is 0.377 e. The molecular formula is C11H24N2O. The topological polar surface area (TPSA) is 38.5 Å². The molecule has 0 aromatic heterocycles. The first-order valence-electron chi connectivity index (χ1n) is 5.82. The minimum absolute atomic E-state index is 0.338. The van der Waals surface area contributed by atoms with E-state index in [0.29, 0.717) is 12.1 Å². The van der Waals surface area contributed by atoms with Gasteiger partial charge in [0, 0.05) is 32.3 Å².